The normalized spacial score (nSPS) is 16.2. The molecule has 110 valence electrons. The maximum atomic E-state index is 12.2. The molecule has 1 N–H and O–H groups in total. The number of oxazole rings is 1. The Hall–Kier alpha value is -1.62. The minimum absolute atomic E-state index is 0.0612. The Bertz CT molecular complexity index is 621. The van der Waals surface area contributed by atoms with Crippen molar-refractivity contribution in [1.29, 1.82) is 0 Å². The van der Waals surface area contributed by atoms with E-state index in [1.807, 2.05) is 12.1 Å². The third-order valence-electron chi connectivity index (χ3n) is 4.04. The molecule has 1 aliphatic carbocycles. The number of aromatic nitrogens is 1. The Kier molecular flexibility index (Phi) is 4.10. The molecule has 1 aliphatic rings. The van der Waals surface area contributed by atoms with Crippen molar-refractivity contribution in [3.8, 4) is 0 Å². The van der Waals surface area contributed by atoms with Crippen LogP contribution in [0.15, 0.2) is 45.7 Å². The highest BCUT2D eigenvalue weighted by Crippen LogP contribution is 2.42. The highest BCUT2D eigenvalue weighted by Gasteiger charge is 2.39. The first-order valence-corrected chi connectivity index (χ1v) is 7.92. The van der Waals surface area contributed by atoms with Gasteiger partial charge in [-0.05, 0) is 37.0 Å². The predicted octanol–water partition coefficient (Wildman–Crippen LogP) is 3.57. The summed E-state index contributed by atoms with van der Waals surface area (Å²) in [5, 5.41) is 3.21. The molecule has 21 heavy (non-hydrogen) atoms. The van der Waals surface area contributed by atoms with Gasteiger partial charge in [-0.25, -0.2) is 4.98 Å². The minimum Gasteiger partial charge on any atom is -0.449 e. The van der Waals surface area contributed by atoms with Crippen LogP contribution < -0.4 is 5.32 Å². The summed E-state index contributed by atoms with van der Waals surface area (Å²) < 4.78 is 6.20. The Labute approximate surface area is 132 Å². The maximum absolute atomic E-state index is 12.2. The van der Waals surface area contributed by atoms with E-state index in [0.717, 1.165) is 29.5 Å². The van der Waals surface area contributed by atoms with Gasteiger partial charge in [0.15, 0.2) is 6.39 Å². The highest BCUT2D eigenvalue weighted by molar-refractivity contribution is 9.10. The first-order chi connectivity index (χ1) is 10.2. The highest BCUT2D eigenvalue weighted by atomic mass is 79.9. The molecule has 1 aromatic heterocycles. The van der Waals surface area contributed by atoms with E-state index in [-0.39, 0.29) is 11.4 Å². The monoisotopic (exact) mass is 348 g/mol. The summed E-state index contributed by atoms with van der Waals surface area (Å²) in [7, 11) is 0. The molecule has 1 heterocycles. The first kappa shape index (κ1) is 14.3. The predicted molar refractivity (Wildman–Crippen MR) is 82.6 cm³/mol. The average Bonchev–Trinajstić information content (AvgIpc) is 2.94. The lowest BCUT2D eigenvalue weighted by molar-refractivity contribution is -0.124. The lowest BCUT2D eigenvalue weighted by atomic mass is 9.71. The van der Waals surface area contributed by atoms with Crippen molar-refractivity contribution < 1.29 is 9.21 Å². The number of hydrogen-bond acceptors (Lipinski definition) is 3. The molecule has 1 aromatic carbocycles. The fraction of sp³-hybridized carbons (Fsp3) is 0.375. The van der Waals surface area contributed by atoms with Gasteiger partial charge in [0.05, 0.1) is 11.7 Å². The maximum Gasteiger partial charge on any atom is 0.221 e. The van der Waals surface area contributed by atoms with Gasteiger partial charge in [-0.3, -0.25) is 4.79 Å². The Morgan fingerprint density at radius 1 is 1.43 bits per heavy atom. The van der Waals surface area contributed by atoms with E-state index in [9.17, 15) is 4.79 Å². The molecule has 2 aromatic rings. The molecule has 5 heteroatoms. The van der Waals surface area contributed by atoms with Crippen LogP contribution in [-0.4, -0.2) is 10.9 Å². The molecule has 1 amide bonds. The van der Waals surface area contributed by atoms with Gasteiger partial charge in [-0.1, -0.05) is 28.1 Å². The number of rotatable bonds is 5. The molecule has 0 atom stereocenters. The van der Waals surface area contributed by atoms with Crippen molar-refractivity contribution in [2.24, 2.45) is 0 Å². The summed E-state index contributed by atoms with van der Waals surface area (Å²) in [6.45, 7) is 0. The molecule has 1 fully saturated rings. The summed E-state index contributed by atoms with van der Waals surface area (Å²) in [6, 6.07) is 8.19. The number of nitrogens with zero attached hydrogens (tertiary/aromatic N) is 1. The molecule has 0 aliphatic heterocycles. The van der Waals surface area contributed by atoms with Crippen LogP contribution in [0.2, 0.25) is 0 Å². The fourth-order valence-corrected chi connectivity index (χ4v) is 3.13. The van der Waals surface area contributed by atoms with E-state index in [2.05, 4.69) is 38.4 Å². The summed E-state index contributed by atoms with van der Waals surface area (Å²) in [5.41, 5.74) is 0.985. The number of benzene rings is 1. The third-order valence-corrected chi connectivity index (χ3v) is 4.54. The van der Waals surface area contributed by atoms with Gasteiger partial charge in [0, 0.05) is 17.3 Å². The summed E-state index contributed by atoms with van der Waals surface area (Å²) in [6.07, 6.45) is 7.19. The largest absolute Gasteiger partial charge is 0.449 e. The van der Waals surface area contributed by atoms with Gasteiger partial charge in [-0.15, -0.1) is 0 Å². The van der Waals surface area contributed by atoms with Crippen molar-refractivity contribution in [2.75, 3.05) is 0 Å². The molecule has 1 saturated carbocycles. The Morgan fingerprint density at radius 3 is 2.90 bits per heavy atom. The first-order valence-electron chi connectivity index (χ1n) is 7.12. The molecule has 0 spiro atoms. The fourth-order valence-electron chi connectivity index (χ4n) is 2.73. The second-order valence-electron chi connectivity index (χ2n) is 5.46. The molecular weight excluding hydrogens is 332 g/mol. The van der Waals surface area contributed by atoms with Crippen LogP contribution in [0, 0.1) is 0 Å². The zero-order valence-electron chi connectivity index (χ0n) is 11.6. The molecule has 0 unspecified atom stereocenters. The Balaban J connectivity index is 1.65. The van der Waals surface area contributed by atoms with Crippen molar-refractivity contribution in [2.45, 2.75) is 37.6 Å². The lowest BCUT2D eigenvalue weighted by Gasteiger charge is -2.43. The standard InChI is InChI=1S/C16H17BrN2O2/c17-13-4-1-3-12(9-13)16(7-2-8-16)19-15(20)6-5-14-10-18-11-21-14/h1,3-4,9-11H,2,5-8H2,(H,19,20). The number of carbonyl (C=O) groups excluding carboxylic acids is 1. The van der Waals surface area contributed by atoms with Gasteiger partial charge in [0.1, 0.15) is 5.76 Å². The van der Waals surface area contributed by atoms with Gasteiger partial charge in [-0.2, -0.15) is 0 Å². The smallest absolute Gasteiger partial charge is 0.221 e. The molecule has 0 bridgehead atoms. The minimum atomic E-state index is -0.192. The van der Waals surface area contributed by atoms with Crippen LogP contribution in [0.25, 0.3) is 0 Å². The Morgan fingerprint density at radius 2 is 2.29 bits per heavy atom. The van der Waals surface area contributed by atoms with Crippen LogP contribution in [0.3, 0.4) is 0 Å². The van der Waals surface area contributed by atoms with E-state index in [1.54, 1.807) is 6.20 Å². The van der Waals surface area contributed by atoms with Crippen LogP contribution in [0.4, 0.5) is 0 Å². The quantitative estimate of drug-likeness (QED) is 0.898. The number of nitrogens with one attached hydrogen (secondary N) is 1. The number of amides is 1. The zero-order chi connectivity index (χ0) is 14.7. The van der Waals surface area contributed by atoms with Crippen molar-refractivity contribution in [1.82, 2.24) is 10.3 Å². The van der Waals surface area contributed by atoms with Gasteiger partial charge in [0.25, 0.3) is 0 Å². The number of aryl methyl sites for hydroxylation is 1. The van der Waals surface area contributed by atoms with Crippen molar-refractivity contribution >= 4 is 21.8 Å². The van der Waals surface area contributed by atoms with Crippen molar-refractivity contribution in [3.63, 3.8) is 0 Å². The van der Waals surface area contributed by atoms with Crippen LogP contribution >= 0.6 is 15.9 Å². The molecule has 3 rings (SSSR count). The second kappa shape index (κ2) is 6.02. The van der Waals surface area contributed by atoms with Crippen LogP contribution in [0.5, 0.6) is 0 Å². The van der Waals surface area contributed by atoms with Crippen molar-refractivity contribution in [3.05, 3.63) is 52.7 Å². The molecular formula is C16H17BrN2O2. The third kappa shape index (κ3) is 3.18. The molecule has 0 radical (unpaired) electrons. The van der Waals surface area contributed by atoms with Gasteiger partial charge >= 0.3 is 0 Å². The summed E-state index contributed by atoms with van der Waals surface area (Å²) in [5.74, 6) is 0.807. The van der Waals surface area contributed by atoms with E-state index >= 15 is 0 Å². The summed E-state index contributed by atoms with van der Waals surface area (Å²) >= 11 is 3.50. The van der Waals surface area contributed by atoms with Crippen LogP contribution in [0.1, 0.15) is 37.0 Å². The van der Waals surface area contributed by atoms with E-state index in [4.69, 9.17) is 4.42 Å². The zero-order valence-corrected chi connectivity index (χ0v) is 13.2. The summed E-state index contributed by atoms with van der Waals surface area (Å²) in [4.78, 5) is 16.1. The van der Waals surface area contributed by atoms with Gasteiger partial charge in [0.2, 0.25) is 5.91 Å². The SMILES string of the molecule is O=C(CCc1cnco1)NC1(c2cccc(Br)c2)CCC1. The number of hydrogen-bond donors (Lipinski definition) is 1. The number of halogens is 1. The molecule has 0 saturated heterocycles. The average molecular weight is 349 g/mol. The van der Waals surface area contributed by atoms with E-state index < -0.39 is 0 Å². The van der Waals surface area contributed by atoms with Crippen LogP contribution in [-0.2, 0) is 16.8 Å². The molecule has 4 nitrogen and oxygen atoms in total. The number of carbonyl (C=O) groups is 1. The van der Waals surface area contributed by atoms with Gasteiger partial charge < -0.3 is 9.73 Å². The topological polar surface area (TPSA) is 55.1 Å². The van der Waals surface area contributed by atoms with E-state index in [1.165, 1.54) is 12.0 Å². The van der Waals surface area contributed by atoms with E-state index in [0.29, 0.717) is 12.8 Å². The lowest BCUT2D eigenvalue weighted by Crippen LogP contribution is -2.50. The second-order valence-corrected chi connectivity index (χ2v) is 6.38.